The van der Waals surface area contributed by atoms with Gasteiger partial charge in [-0.3, -0.25) is 4.79 Å². The SMILES string of the molecule is Cc1cc(C)c(NC(=O)c2cccc(Nc3nc(C)cc(C)n3)c2)c(C)c1. The highest BCUT2D eigenvalue weighted by Crippen LogP contribution is 2.23. The van der Waals surface area contributed by atoms with Gasteiger partial charge in [-0.1, -0.05) is 23.8 Å². The molecule has 0 fully saturated rings. The van der Waals surface area contributed by atoms with Crippen LogP contribution < -0.4 is 10.6 Å². The van der Waals surface area contributed by atoms with Crippen LogP contribution in [0.1, 0.15) is 38.4 Å². The fourth-order valence-electron chi connectivity index (χ4n) is 3.21. The minimum Gasteiger partial charge on any atom is -0.324 e. The van der Waals surface area contributed by atoms with E-state index in [2.05, 4.69) is 39.7 Å². The van der Waals surface area contributed by atoms with Crippen molar-refractivity contribution in [1.29, 1.82) is 0 Å². The summed E-state index contributed by atoms with van der Waals surface area (Å²) in [5, 5.41) is 6.21. The zero-order valence-electron chi connectivity index (χ0n) is 16.3. The number of carbonyl (C=O) groups is 1. The van der Waals surface area contributed by atoms with Gasteiger partial charge in [-0.05, 0) is 70.0 Å². The van der Waals surface area contributed by atoms with Crippen molar-refractivity contribution in [2.75, 3.05) is 10.6 Å². The molecule has 3 aromatic rings. The Hall–Kier alpha value is -3.21. The fourth-order valence-corrected chi connectivity index (χ4v) is 3.21. The average molecular weight is 360 g/mol. The molecule has 3 rings (SSSR count). The van der Waals surface area contributed by atoms with E-state index in [0.717, 1.165) is 33.9 Å². The molecule has 0 unspecified atom stereocenters. The molecule has 0 radical (unpaired) electrons. The Bertz CT molecular complexity index is 968. The van der Waals surface area contributed by atoms with Crippen molar-refractivity contribution < 1.29 is 4.79 Å². The summed E-state index contributed by atoms with van der Waals surface area (Å²) in [5.74, 6) is 0.380. The van der Waals surface area contributed by atoms with Crippen LogP contribution in [0.4, 0.5) is 17.3 Å². The highest BCUT2D eigenvalue weighted by atomic mass is 16.1. The van der Waals surface area contributed by atoms with E-state index in [1.807, 2.05) is 45.9 Å². The Labute approximate surface area is 159 Å². The van der Waals surface area contributed by atoms with E-state index in [1.54, 1.807) is 12.1 Å². The monoisotopic (exact) mass is 360 g/mol. The number of aromatic nitrogens is 2. The third-order valence-corrected chi connectivity index (χ3v) is 4.28. The molecule has 0 aliphatic heterocycles. The molecule has 5 heteroatoms. The first-order chi connectivity index (χ1) is 12.8. The lowest BCUT2D eigenvalue weighted by molar-refractivity contribution is 0.102. The van der Waals surface area contributed by atoms with E-state index < -0.39 is 0 Å². The normalized spacial score (nSPS) is 10.6. The van der Waals surface area contributed by atoms with Gasteiger partial charge < -0.3 is 10.6 Å². The number of hydrogen-bond donors (Lipinski definition) is 2. The number of amides is 1. The molecule has 2 N–H and O–H groups in total. The highest BCUT2D eigenvalue weighted by molar-refractivity contribution is 6.05. The van der Waals surface area contributed by atoms with E-state index in [1.165, 1.54) is 5.56 Å². The molecule has 1 amide bonds. The van der Waals surface area contributed by atoms with Gasteiger partial charge in [-0.25, -0.2) is 9.97 Å². The summed E-state index contributed by atoms with van der Waals surface area (Å²) in [6.07, 6.45) is 0. The molecule has 27 heavy (non-hydrogen) atoms. The van der Waals surface area contributed by atoms with Crippen molar-refractivity contribution in [2.45, 2.75) is 34.6 Å². The van der Waals surface area contributed by atoms with Gasteiger partial charge in [0.2, 0.25) is 5.95 Å². The number of hydrogen-bond acceptors (Lipinski definition) is 4. The van der Waals surface area contributed by atoms with Crippen LogP contribution >= 0.6 is 0 Å². The second-order valence-corrected chi connectivity index (χ2v) is 6.91. The summed E-state index contributed by atoms with van der Waals surface area (Å²) in [7, 11) is 0. The Balaban J connectivity index is 1.82. The van der Waals surface area contributed by atoms with Gasteiger partial charge in [0.1, 0.15) is 0 Å². The van der Waals surface area contributed by atoms with Crippen molar-refractivity contribution in [3.63, 3.8) is 0 Å². The molecule has 0 spiro atoms. The Kier molecular flexibility index (Phi) is 5.21. The van der Waals surface area contributed by atoms with Crippen LogP contribution in [0.15, 0.2) is 42.5 Å². The number of rotatable bonds is 4. The summed E-state index contributed by atoms with van der Waals surface area (Å²) in [5.41, 5.74) is 7.28. The molecule has 0 aliphatic rings. The topological polar surface area (TPSA) is 66.9 Å². The summed E-state index contributed by atoms with van der Waals surface area (Å²) >= 11 is 0. The number of nitrogens with zero attached hydrogens (tertiary/aromatic N) is 2. The number of carbonyl (C=O) groups excluding carboxylic acids is 1. The largest absolute Gasteiger partial charge is 0.324 e. The zero-order valence-corrected chi connectivity index (χ0v) is 16.3. The van der Waals surface area contributed by atoms with E-state index in [-0.39, 0.29) is 5.91 Å². The maximum Gasteiger partial charge on any atom is 0.255 e. The van der Waals surface area contributed by atoms with Gasteiger partial charge in [0.15, 0.2) is 0 Å². The van der Waals surface area contributed by atoms with Crippen LogP contribution in [-0.4, -0.2) is 15.9 Å². The molecule has 1 aromatic heterocycles. The molecular formula is C22H24N4O. The predicted molar refractivity (Wildman–Crippen MR) is 110 cm³/mol. The van der Waals surface area contributed by atoms with Crippen molar-refractivity contribution in [2.24, 2.45) is 0 Å². The van der Waals surface area contributed by atoms with E-state index >= 15 is 0 Å². The first-order valence-corrected chi connectivity index (χ1v) is 8.90. The maximum atomic E-state index is 12.7. The van der Waals surface area contributed by atoms with Crippen LogP contribution in [0, 0.1) is 34.6 Å². The standard InChI is InChI=1S/C22H24N4O/c1-13-9-14(2)20(15(3)10-13)26-21(27)18-7-6-8-19(12-18)25-22-23-16(4)11-17(5)24-22/h6-12H,1-5H3,(H,26,27)(H,23,24,25). The van der Waals surface area contributed by atoms with Crippen LogP contribution in [0.2, 0.25) is 0 Å². The van der Waals surface area contributed by atoms with Crippen molar-refractivity contribution in [1.82, 2.24) is 9.97 Å². The third-order valence-electron chi connectivity index (χ3n) is 4.28. The number of aryl methyl sites for hydroxylation is 5. The molecule has 1 heterocycles. The average Bonchev–Trinajstić information content (AvgIpc) is 2.57. The maximum absolute atomic E-state index is 12.7. The van der Waals surface area contributed by atoms with Gasteiger partial charge in [-0.2, -0.15) is 0 Å². The number of benzene rings is 2. The molecular weight excluding hydrogens is 336 g/mol. The summed E-state index contributed by atoms with van der Waals surface area (Å²) < 4.78 is 0. The lowest BCUT2D eigenvalue weighted by Crippen LogP contribution is -2.14. The lowest BCUT2D eigenvalue weighted by Gasteiger charge is -2.13. The predicted octanol–water partition coefficient (Wildman–Crippen LogP) is 5.01. The van der Waals surface area contributed by atoms with Gasteiger partial charge >= 0.3 is 0 Å². The summed E-state index contributed by atoms with van der Waals surface area (Å²) in [6, 6.07) is 13.4. The van der Waals surface area contributed by atoms with Gasteiger partial charge in [0.05, 0.1) is 0 Å². The minimum atomic E-state index is -0.143. The van der Waals surface area contributed by atoms with Crippen molar-refractivity contribution in [3.8, 4) is 0 Å². The van der Waals surface area contributed by atoms with Crippen LogP contribution in [0.3, 0.4) is 0 Å². The van der Waals surface area contributed by atoms with Gasteiger partial charge in [-0.15, -0.1) is 0 Å². The second kappa shape index (κ2) is 7.58. The fraction of sp³-hybridized carbons (Fsp3) is 0.227. The highest BCUT2D eigenvalue weighted by Gasteiger charge is 2.11. The van der Waals surface area contributed by atoms with Gasteiger partial charge in [0.25, 0.3) is 5.91 Å². The molecule has 2 aromatic carbocycles. The Morgan fingerprint density at radius 3 is 2.11 bits per heavy atom. The van der Waals surface area contributed by atoms with E-state index in [0.29, 0.717) is 11.5 Å². The third kappa shape index (κ3) is 4.50. The van der Waals surface area contributed by atoms with Crippen LogP contribution in [0.25, 0.3) is 0 Å². The van der Waals surface area contributed by atoms with Crippen molar-refractivity contribution in [3.05, 3.63) is 76.1 Å². The second-order valence-electron chi connectivity index (χ2n) is 6.91. The Morgan fingerprint density at radius 2 is 1.48 bits per heavy atom. The number of nitrogens with one attached hydrogen (secondary N) is 2. The molecule has 0 saturated heterocycles. The van der Waals surface area contributed by atoms with E-state index in [4.69, 9.17) is 0 Å². The molecule has 138 valence electrons. The molecule has 0 saturated carbocycles. The first kappa shape index (κ1) is 18.6. The minimum absolute atomic E-state index is 0.143. The van der Waals surface area contributed by atoms with Crippen LogP contribution in [0.5, 0.6) is 0 Å². The quantitative estimate of drug-likeness (QED) is 0.686. The Morgan fingerprint density at radius 1 is 0.852 bits per heavy atom. The number of anilines is 3. The van der Waals surface area contributed by atoms with Crippen LogP contribution in [-0.2, 0) is 0 Å². The summed E-state index contributed by atoms with van der Waals surface area (Å²) in [6.45, 7) is 9.91. The lowest BCUT2D eigenvalue weighted by atomic mass is 10.0. The molecule has 0 bridgehead atoms. The smallest absolute Gasteiger partial charge is 0.255 e. The zero-order chi connectivity index (χ0) is 19.6. The molecule has 0 atom stereocenters. The van der Waals surface area contributed by atoms with Gasteiger partial charge in [0, 0.05) is 28.3 Å². The van der Waals surface area contributed by atoms with Crippen molar-refractivity contribution >= 4 is 23.2 Å². The molecule has 0 aliphatic carbocycles. The molecule has 5 nitrogen and oxygen atoms in total. The van der Waals surface area contributed by atoms with E-state index in [9.17, 15) is 4.79 Å². The summed E-state index contributed by atoms with van der Waals surface area (Å²) in [4.78, 5) is 21.5. The first-order valence-electron chi connectivity index (χ1n) is 8.90.